The van der Waals surface area contributed by atoms with Crippen molar-refractivity contribution in [1.82, 2.24) is 15.6 Å². The van der Waals surface area contributed by atoms with Crippen LogP contribution in [-0.4, -0.2) is 24.7 Å². The molecule has 0 aliphatic carbocycles. The summed E-state index contributed by atoms with van der Waals surface area (Å²) in [6.07, 6.45) is 0.669. The van der Waals surface area contributed by atoms with Gasteiger partial charge >= 0.3 is 6.03 Å². The number of benzene rings is 1. The molecular weight excluding hydrogens is 318 g/mol. The summed E-state index contributed by atoms with van der Waals surface area (Å²) < 4.78 is 5.33. The number of aromatic amines is 1. The minimum absolute atomic E-state index is 0.165. The first-order chi connectivity index (χ1) is 11.9. The second-order valence-corrected chi connectivity index (χ2v) is 6.12. The molecular formula is C19H25N3O3. The van der Waals surface area contributed by atoms with Gasteiger partial charge in [-0.1, -0.05) is 17.7 Å². The second kappa shape index (κ2) is 8.37. The zero-order valence-electron chi connectivity index (χ0n) is 15.2. The molecule has 134 valence electrons. The van der Waals surface area contributed by atoms with E-state index in [0.29, 0.717) is 18.5 Å². The number of carbonyl (C=O) groups is 1. The van der Waals surface area contributed by atoms with E-state index in [4.69, 9.17) is 4.74 Å². The molecule has 3 N–H and O–H groups in total. The maximum Gasteiger partial charge on any atom is 0.315 e. The average Bonchev–Trinajstić information content (AvgIpc) is 2.54. The summed E-state index contributed by atoms with van der Waals surface area (Å²) in [5, 5.41) is 5.53. The van der Waals surface area contributed by atoms with E-state index in [1.807, 2.05) is 45.0 Å². The Hall–Kier alpha value is -2.76. The van der Waals surface area contributed by atoms with Crippen LogP contribution in [0.4, 0.5) is 4.79 Å². The monoisotopic (exact) mass is 343 g/mol. The number of nitrogens with one attached hydrogen (secondary N) is 3. The summed E-state index contributed by atoms with van der Waals surface area (Å²) in [6, 6.07) is 7.56. The maximum absolute atomic E-state index is 12.0. The van der Waals surface area contributed by atoms with Gasteiger partial charge in [-0.05, 0) is 50.5 Å². The first kappa shape index (κ1) is 18.6. The Bertz CT molecular complexity index is 812. The van der Waals surface area contributed by atoms with Crippen molar-refractivity contribution >= 4 is 6.03 Å². The highest BCUT2D eigenvalue weighted by Crippen LogP contribution is 2.19. The summed E-state index contributed by atoms with van der Waals surface area (Å²) >= 11 is 0. The molecule has 25 heavy (non-hydrogen) atoms. The molecule has 0 bridgehead atoms. The number of ether oxygens (including phenoxy) is 1. The fraction of sp³-hybridized carbons (Fsp3) is 0.368. The molecule has 2 rings (SSSR count). The van der Waals surface area contributed by atoms with Crippen LogP contribution >= 0.6 is 0 Å². The van der Waals surface area contributed by atoms with Crippen LogP contribution in [-0.2, 0) is 13.0 Å². The SMILES string of the molecule is COc1ccc(C)cc1CCNC(=O)NCc1c(C)cc(C)[nH]c1=O. The molecule has 1 heterocycles. The molecule has 0 atom stereocenters. The number of hydrogen-bond donors (Lipinski definition) is 3. The van der Waals surface area contributed by atoms with E-state index < -0.39 is 0 Å². The molecule has 1 aromatic carbocycles. The van der Waals surface area contributed by atoms with Crippen molar-refractivity contribution in [1.29, 1.82) is 0 Å². The Balaban J connectivity index is 1.86. The quantitative estimate of drug-likeness (QED) is 0.753. The Labute approximate surface area is 147 Å². The molecule has 0 fully saturated rings. The van der Waals surface area contributed by atoms with Gasteiger partial charge < -0.3 is 20.4 Å². The predicted molar refractivity (Wildman–Crippen MR) is 98.2 cm³/mol. The Morgan fingerprint density at radius 3 is 2.60 bits per heavy atom. The van der Waals surface area contributed by atoms with Crippen molar-refractivity contribution in [3.63, 3.8) is 0 Å². The molecule has 0 aliphatic rings. The first-order valence-electron chi connectivity index (χ1n) is 8.25. The average molecular weight is 343 g/mol. The van der Waals surface area contributed by atoms with Gasteiger partial charge in [-0.25, -0.2) is 4.79 Å². The van der Waals surface area contributed by atoms with Gasteiger partial charge in [0.2, 0.25) is 0 Å². The summed E-state index contributed by atoms with van der Waals surface area (Å²) in [7, 11) is 1.63. The minimum atomic E-state index is -0.300. The number of rotatable bonds is 6. The third-order valence-electron chi connectivity index (χ3n) is 4.04. The maximum atomic E-state index is 12.0. The highest BCUT2D eigenvalue weighted by molar-refractivity contribution is 5.73. The fourth-order valence-electron chi connectivity index (χ4n) is 2.75. The van der Waals surface area contributed by atoms with E-state index in [-0.39, 0.29) is 18.1 Å². The molecule has 0 saturated heterocycles. The Morgan fingerprint density at radius 2 is 1.92 bits per heavy atom. The predicted octanol–water partition coefficient (Wildman–Crippen LogP) is 2.35. The molecule has 0 saturated carbocycles. The van der Waals surface area contributed by atoms with Gasteiger partial charge in [0.1, 0.15) is 5.75 Å². The zero-order valence-corrected chi connectivity index (χ0v) is 15.2. The fourth-order valence-corrected chi connectivity index (χ4v) is 2.75. The van der Waals surface area contributed by atoms with Crippen molar-refractivity contribution in [2.45, 2.75) is 33.7 Å². The van der Waals surface area contributed by atoms with Gasteiger partial charge in [0.15, 0.2) is 0 Å². The van der Waals surface area contributed by atoms with E-state index >= 15 is 0 Å². The standard InChI is InChI=1S/C19H25N3O3/c1-12-5-6-17(25-4)15(9-12)7-8-20-19(24)21-11-16-13(2)10-14(3)22-18(16)23/h5-6,9-10H,7-8,11H2,1-4H3,(H,22,23)(H2,20,21,24). The molecule has 0 unspecified atom stereocenters. The first-order valence-corrected chi connectivity index (χ1v) is 8.25. The van der Waals surface area contributed by atoms with Gasteiger partial charge in [-0.15, -0.1) is 0 Å². The van der Waals surface area contributed by atoms with Crippen molar-refractivity contribution < 1.29 is 9.53 Å². The van der Waals surface area contributed by atoms with E-state index in [1.165, 1.54) is 0 Å². The van der Waals surface area contributed by atoms with E-state index in [2.05, 4.69) is 15.6 Å². The molecule has 1 aromatic heterocycles. The number of aromatic nitrogens is 1. The highest BCUT2D eigenvalue weighted by Gasteiger charge is 2.08. The lowest BCUT2D eigenvalue weighted by molar-refractivity contribution is 0.240. The minimum Gasteiger partial charge on any atom is -0.496 e. The topological polar surface area (TPSA) is 83.2 Å². The molecule has 6 nitrogen and oxygen atoms in total. The number of urea groups is 1. The van der Waals surface area contributed by atoms with Crippen LogP contribution < -0.4 is 20.9 Å². The highest BCUT2D eigenvalue weighted by atomic mass is 16.5. The van der Waals surface area contributed by atoms with E-state index in [9.17, 15) is 9.59 Å². The smallest absolute Gasteiger partial charge is 0.315 e. The van der Waals surface area contributed by atoms with Gasteiger partial charge in [0.05, 0.1) is 13.7 Å². The van der Waals surface area contributed by atoms with Crippen LogP contribution in [0, 0.1) is 20.8 Å². The number of methoxy groups -OCH3 is 1. The number of pyridine rings is 1. The van der Waals surface area contributed by atoms with Crippen LogP contribution in [0.25, 0.3) is 0 Å². The van der Waals surface area contributed by atoms with Crippen molar-refractivity contribution in [2.24, 2.45) is 0 Å². The molecule has 0 spiro atoms. The number of aryl methyl sites for hydroxylation is 3. The van der Waals surface area contributed by atoms with Crippen LogP contribution in [0.5, 0.6) is 5.75 Å². The lowest BCUT2D eigenvalue weighted by Gasteiger charge is -2.11. The number of amides is 2. The third kappa shape index (κ3) is 5.11. The largest absolute Gasteiger partial charge is 0.496 e. The van der Waals surface area contributed by atoms with Crippen molar-refractivity contribution in [2.75, 3.05) is 13.7 Å². The summed E-state index contributed by atoms with van der Waals surface area (Å²) in [4.78, 5) is 26.6. The number of hydrogen-bond acceptors (Lipinski definition) is 3. The second-order valence-electron chi connectivity index (χ2n) is 6.12. The normalized spacial score (nSPS) is 10.4. The van der Waals surface area contributed by atoms with Crippen molar-refractivity contribution in [3.05, 3.63) is 62.6 Å². The summed E-state index contributed by atoms with van der Waals surface area (Å²) in [5.74, 6) is 0.814. The van der Waals surface area contributed by atoms with E-state index in [1.54, 1.807) is 7.11 Å². The van der Waals surface area contributed by atoms with Crippen LogP contribution in [0.1, 0.15) is 27.9 Å². The van der Waals surface area contributed by atoms with Gasteiger partial charge in [0.25, 0.3) is 5.56 Å². The Morgan fingerprint density at radius 1 is 1.16 bits per heavy atom. The lowest BCUT2D eigenvalue weighted by atomic mass is 10.1. The lowest BCUT2D eigenvalue weighted by Crippen LogP contribution is -2.37. The Kier molecular flexibility index (Phi) is 6.22. The van der Waals surface area contributed by atoms with Crippen LogP contribution in [0.3, 0.4) is 0 Å². The number of carbonyl (C=O) groups excluding carboxylic acids is 1. The molecule has 0 radical (unpaired) electrons. The zero-order chi connectivity index (χ0) is 18.4. The van der Waals surface area contributed by atoms with Gasteiger partial charge in [-0.3, -0.25) is 4.79 Å². The molecule has 2 aromatic rings. The van der Waals surface area contributed by atoms with Gasteiger partial charge in [0, 0.05) is 17.8 Å². The third-order valence-corrected chi connectivity index (χ3v) is 4.04. The molecule has 6 heteroatoms. The summed E-state index contributed by atoms with van der Waals surface area (Å²) in [6.45, 7) is 6.39. The van der Waals surface area contributed by atoms with E-state index in [0.717, 1.165) is 28.1 Å². The molecule has 0 aliphatic heterocycles. The van der Waals surface area contributed by atoms with Gasteiger partial charge in [-0.2, -0.15) is 0 Å². The number of H-pyrrole nitrogens is 1. The molecule has 2 amide bonds. The van der Waals surface area contributed by atoms with Crippen LogP contribution in [0.2, 0.25) is 0 Å². The van der Waals surface area contributed by atoms with Crippen molar-refractivity contribution in [3.8, 4) is 5.75 Å². The van der Waals surface area contributed by atoms with Crippen LogP contribution in [0.15, 0.2) is 29.1 Å². The summed E-state index contributed by atoms with van der Waals surface area (Å²) in [5.41, 5.74) is 4.28.